The number of nitrogens with one attached hydrogen (secondary N) is 2. The maximum Gasteiger partial charge on any atom is 0.162 e. The predicted molar refractivity (Wildman–Crippen MR) is 48.0 cm³/mol. The summed E-state index contributed by atoms with van der Waals surface area (Å²) in [6.07, 6.45) is 0.498. The molecule has 1 unspecified atom stereocenters. The third kappa shape index (κ3) is 0.972. The molecular weight excluding hydrogens is 154 g/mol. The largest absolute Gasteiger partial charge is 0.399 e. The van der Waals surface area contributed by atoms with Crippen LogP contribution in [0.5, 0.6) is 0 Å². The van der Waals surface area contributed by atoms with Crippen LogP contribution in [-0.4, -0.2) is 12.5 Å². The fraction of sp³-hybridized carbons (Fsp3) is 0.125. The molecule has 1 aromatic carbocycles. The Bertz CT molecular complexity index is 324. The minimum absolute atomic E-state index is 0.318. The van der Waals surface area contributed by atoms with Crippen LogP contribution in [0, 0.1) is 0 Å². The lowest BCUT2D eigenvalue weighted by Gasteiger charge is -2.00. The number of benzene rings is 1. The molecule has 1 aromatic rings. The zero-order chi connectivity index (χ0) is 8.55. The predicted octanol–water partition coefficient (Wildman–Crippen LogP) is 0.631. The highest BCUT2D eigenvalue weighted by Crippen LogP contribution is 2.29. The van der Waals surface area contributed by atoms with E-state index in [9.17, 15) is 4.79 Å². The summed E-state index contributed by atoms with van der Waals surface area (Å²) in [7, 11) is 0. The van der Waals surface area contributed by atoms with E-state index in [1.807, 2.05) is 6.07 Å². The summed E-state index contributed by atoms with van der Waals surface area (Å²) in [6.45, 7) is 0. The number of aldehydes is 1. The van der Waals surface area contributed by atoms with Crippen molar-refractivity contribution in [1.29, 1.82) is 0 Å². The van der Waals surface area contributed by atoms with E-state index < -0.39 is 0 Å². The molecule has 1 heterocycles. The minimum atomic E-state index is -0.318. The molecule has 0 amide bonds. The van der Waals surface area contributed by atoms with Gasteiger partial charge in [0, 0.05) is 5.69 Å². The van der Waals surface area contributed by atoms with Crippen LogP contribution < -0.4 is 16.4 Å². The van der Waals surface area contributed by atoms with Crippen LogP contribution in [0.1, 0.15) is 0 Å². The van der Waals surface area contributed by atoms with Crippen LogP contribution in [0.2, 0.25) is 0 Å². The average molecular weight is 163 g/mol. The van der Waals surface area contributed by atoms with Gasteiger partial charge in [0.05, 0.1) is 11.4 Å². The first-order valence-electron chi connectivity index (χ1n) is 3.67. The third-order valence-corrected chi connectivity index (χ3v) is 1.80. The Hall–Kier alpha value is -1.71. The lowest BCUT2D eigenvalue weighted by Crippen LogP contribution is -2.22. The molecule has 0 saturated heterocycles. The van der Waals surface area contributed by atoms with Gasteiger partial charge in [0.2, 0.25) is 0 Å². The van der Waals surface area contributed by atoms with Crippen molar-refractivity contribution in [3.8, 4) is 0 Å². The lowest BCUT2D eigenvalue weighted by atomic mass is 10.2. The van der Waals surface area contributed by atoms with Crippen molar-refractivity contribution in [2.45, 2.75) is 6.17 Å². The van der Waals surface area contributed by atoms with Crippen LogP contribution >= 0.6 is 0 Å². The van der Waals surface area contributed by atoms with Crippen LogP contribution in [0.15, 0.2) is 18.2 Å². The van der Waals surface area contributed by atoms with Crippen molar-refractivity contribution in [3.05, 3.63) is 18.2 Å². The number of hydrogen-bond acceptors (Lipinski definition) is 4. The Morgan fingerprint density at radius 1 is 1.33 bits per heavy atom. The molecular formula is C8H9N3O. The number of carbonyl (C=O) groups is 1. The second kappa shape index (κ2) is 2.41. The van der Waals surface area contributed by atoms with E-state index in [-0.39, 0.29) is 6.17 Å². The van der Waals surface area contributed by atoms with E-state index in [1.54, 1.807) is 12.1 Å². The second-order valence-corrected chi connectivity index (χ2v) is 2.71. The molecule has 0 spiro atoms. The zero-order valence-corrected chi connectivity index (χ0v) is 6.37. The highest BCUT2D eigenvalue weighted by atomic mass is 16.1. The second-order valence-electron chi connectivity index (χ2n) is 2.71. The van der Waals surface area contributed by atoms with Gasteiger partial charge in [-0.15, -0.1) is 0 Å². The van der Waals surface area contributed by atoms with Crippen molar-refractivity contribution in [2.24, 2.45) is 0 Å². The van der Waals surface area contributed by atoms with E-state index in [4.69, 9.17) is 5.73 Å². The van der Waals surface area contributed by atoms with E-state index in [2.05, 4.69) is 10.6 Å². The maximum absolute atomic E-state index is 10.4. The molecule has 0 radical (unpaired) electrons. The van der Waals surface area contributed by atoms with Gasteiger partial charge in [-0.2, -0.15) is 0 Å². The van der Waals surface area contributed by atoms with Gasteiger partial charge in [-0.1, -0.05) is 0 Å². The minimum Gasteiger partial charge on any atom is -0.399 e. The number of hydrogen-bond donors (Lipinski definition) is 3. The first-order valence-corrected chi connectivity index (χ1v) is 3.67. The summed E-state index contributed by atoms with van der Waals surface area (Å²) in [4.78, 5) is 10.4. The molecule has 12 heavy (non-hydrogen) atoms. The van der Waals surface area contributed by atoms with Crippen LogP contribution in [-0.2, 0) is 4.79 Å². The van der Waals surface area contributed by atoms with Gasteiger partial charge >= 0.3 is 0 Å². The Balaban J connectivity index is 2.35. The van der Waals surface area contributed by atoms with Crippen LogP contribution in [0.3, 0.4) is 0 Å². The van der Waals surface area contributed by atoms with Crippen molar-refractivity contribution in [2.75, 3.05) is 16.4 Å². The monoisotopic (exact) mass is 163 g/mol. The van der Waals surface area contributed by atoms with Gasteiger partial charge in [-0.25, -0.2) is 0 Å². The van der Waals surface area contributed by atoms with E-state index in [0.717, 1.165) is 17.7 Å². The molecule has 0 saturated carbocycles. The van der Waals surface area contributed by atoms with Crippen LogP contribution in [0.4, 0.5) is 17.1 Å². The third-order valence-electron chi connectivity index (χ3n) is 1.80. The molecule has 0 aliphatic carbocycles. The molecule has 1 aliphatic rings. The zero-order valence-electron chi connectivity index (χ0n) is 6.37. The highest BCUT2D eigenvalue weighted by Gasteiger charge is 2.17. The van der Waals surface area contributed by atoms with Gasteiger partial charge in [0.25, 0.3) is 0 Å². The molecule has 2 rings (SSSR count). The Morgan fingerprint density at radius 3 is 2.83 bits per heavy atom. The quantitative estimate of drug-likeness (QED) is 0.419. The van der Waals surface area contributed by atoms with E-state index in [1.165, 1.54) is 0 Å². The number of anilines is 3. The van der Waals surface area contributed by atoms with E-state index in [0.29, 0.717) is 5.69 Å². The smallest absolute Gasteiger partial charge is 0.162 e. The molecule has 0 fully saturated rings. The molecule has 1 aliphatic heterocycles. The fourth-order valence-electron chi connectivity index (χ4n) is 1.25. The topological polar surface area (TPSA) is 67.1 Å². The number of carbonyl (C=O) groups excluding carboxylic acids is 1. The highest BCUT2D eigenvalue weighted by molar-refractivity contribution is 5.84. The molecule has 4 nitrogen and oxygen atoms in total. The van der Waals surface area contributed by atoms with Gasteiger partial charge in [0.15, 0.2) is 12.5 Å². The molecule has 1 atom stereocenters. The Labute approximate surface area is 69.8 Å². The molecule has 62 valence electrons. The van der Waals surface area contributed by atoms with Crippen LogP contribution in [0.25, 0.3) is 0 Å². The summed E-state index contributed by atoms with van der Waals surface area (Å²) in [5.74, 6) is 0. The number of rotatable bonds is 1. The summed E-state index contributed by atoms with van der Waals surface area (Å²) in [6, 6.07) is 5.44. The van der Waals surface area contributed by atoms with E-state index >= 15 is 0 Å². The van der Waals surface area contributed by atoms with Gasteiger partial charge in [-0.3, -0.25) is 4.79 Å². The maximum atomic E-state index is 10.4. The summed E-state index contributed by atoms with van der Waals surface area (Å²) < 4.78 is 0. The van der Waals surface area contributed by atoms with Gasteiger partial charge in [0.1, 0.15) is 0 Å². The first-order chi connectivity index (χ1) is 5.79. The average Bonchev–Trinajstić information content (AvgIpc) is 2.46. The van der Waals surface area contributed by atoms with Crippen molar-refractivity contribution in [3.63, 3.8) is 0 Å². The van der Waals surface area contributed by atoms with Crippen molar-refractivity contribution in [1.82, 2.24) is 0 Å². The first kappa shape index (κ1) is 6.97. The lowest BCUT2D eigenvalue weighted by molar-refractivity contribution is -0.107. The summed E-state index contributed by atoms with van der Waals surface area (Å²) in [5, 5.41) is 5.94. The van der Waals surface area contributed by atoms with Gasteiger partial charge < -0.3 is 16.4 Å². The summed E-state index contributed by atoms with van der Waals surface area (Å²) >= 11 is 0. The normalized spacial score (nSPS) is 19.2. The number of nitrogens with two attached hydrogens (primary N) is 1. The number of nitrogen functional groups attached to an aromatic ring is 1. The Morgan fingerprint density at radius 2 is 2.08 bits per heavy atom. The van der Waals surface area contributed by atoms with Gasteiger partial charge in [-0.05, 0) is 18.2 Å². The molecule has 0 aromatic heterocycles. The number of fused-ring (bicyclic) bond motifs is 1. The fourth-order valence-corrected chi connectivity index (χ4v) is 1.25. The standard InChI is InChI=1S/C8H9N3O/c9-5-1-2-6-7(3-5)11-8(4-12)10-6/h1-4,8,10-11H,9H2. The molecule has 0 bridgehead atoms. The van der Waals surface area contributed by atoms with Crippen molar-refractivity contribution < 1.29 is 4.79 Å². The summed E-state index contributed by atoms with van der Waals surface area (Å²) in [5.41, 5.74) is 8.05. The van der Waals surface area contributed by atoms with Crippen molar-refractivity contribution >= 4 is 23.3 Å². The molecule has 4 heteroatoms. The Kier molecular flexibility index (Phi) is 1.40. The molecule has 4 N–H and O–H groups in total. The SMILES string of the molecule is Nc1ccc2c(c1)NC(C=O)N2.